The Morgan fingerprint density at radius 2 is 2.15 bits per heavy atom. The van der Waals surface area contributed by atoms with Crippen LogP contribution in [0.25, 0.3) is 6.08 Å². The molecule has 26 heavy (non-hydrogen) atoms. The number of phenols is 1. The number of nitrogens with zero attached hydrogens (tertiary/aromatic N) is 2. The second-order valence-corrected chi connectivity index (χ2v) is 8.47. The first-order chi connectivity index (χ1) is 12.4. The molecule has 136 valence electrons. The third kappa shape index (κ3) is 3.70. The number of aryl methyl sites for hydroxylation is 1. The highest BCUT2D eigenvalue weighted by Crippen LogP contribution is 2.42. The van der Waals surface area contributed by atoms with Gasteiger partial charge in [0.25, 0.3) is 0 Å². The number of nitrogens with one attached hydrogen (secondary N) is 1. The van der Waals surface area contributed by atoms with Crippen molar-refractivity contribution in [1.82, 2.24) is 10.2 Å². The molecule has 2 heterocycles. The van der Waals surface area contributed by atoms with E-state index >= 15 is 0 Å². The van der Waals surface area contributed by atoms with E-state index in [9.17, 15) is 9.90 Å². The number of carbonyl (C=O) groups excluding carboxylic acids is 1. The van der Waals surface area contributed by atoms with Crippen LogP contribution in [0.2, 0.25) is 0 Å². The minimum atomic E-state index is -0.670. The maximum atomic E-state index is 12.8. The Hall–Kier alpha value is -1.71. The van der Waals surface area contributed by atoms with Crippen molar-refractivity contribution in [2.24, 2.45) is 0 Å². The first-order valence-corrected chi connectivity index (χ1v) is 10.4. The molecule has 0 spiro atoms. The van der Waals surface area contributed by atoms with Gasteiger partial charge in [0.2, 0.25) is 0 Å². The normalized spacial score (nSPS) is 18.7. The second kappa shape index (κ2) is 7.89. The van der Waals surface area contributed by atoms with Gasteiger partial charge in [-0.15, -0.1) is 21.5 Å². The number of Topliss-reactive ketones (excluding diaryl/α,β-unsaturated/α-hetero) is 1. The number of ether oxygens (including phenoxy) is 1. The predicted molar refractivity (Wildman–Crippen MR) is 107 cm³/mol. The molecule has 1 saturated heterocycles. The molecule has 1 aliphatic heterocycles. The maximum Gasteiger partial charge on any atom is 0.186 e. The smallest absolute Gasteiger partial charge is 0.186 e. The van der Waals surface area contributed by atoms with E-state index in [2.05, 4.69) is 26.1 Å². The molecule has 1 aliphatic rings. The van der Waals surface area contributed by atoms with Gasteiger partial charge in [-0.1, -0.05) is 18.7 Å². The molecule has 1 atom stereocenters. The Labute approximate surface area is 167 Å². The zero-order valence-electron chi connectivity index (χ0n) is 14.1. The van der Waals surface area contributed by atoms with Crippen molar-refractivity contribution >= 4 is 55.9 Å². The fraction of sp³-hybridized carbons (Fsp3) is 0.294. The number of hydrogen-bond acceptors (Lipinski definition) is 8. The molecular weight excluding hydrogens is 438 g/mol. The number of hydrogen-bond donors (Lipinski definition) is 2. The lowest BCUT2D eigenvalue weighted by atomic mass is 10.1. The van der Waals surface area contributed by atoms with Gasteiger partial charge in [0.05, 0.1) is 21.0 Å². The lowest BCUT2D eigenvalue weighted by Crippen LogP contribution is -2.11. The van der Waals surface area contributed by atoms with Crippen molar-refractivity contribution < 1.29 is 14.6 Å². The van der Waals surface area contributed by atoms with Crippen LogP contribution in [0, 0.1) is 5.41 Å². The summed E-state index contributed by atoms with van der Waals surface area (Å²) in [5.41, 5.74) is 0.703. The highest BCUT2D eigenvalue weighted by molar-refractivity contribution is 9.10. The van der Waals surface area contributed by atoms with Crippen LogP contribution in [0.1, 0.15) is 35.3 Å². The fourth-order valence-electron chi connectivity index (χ4n) is 2.43. The molecule has 0 saturated carbocycles. The standard InChI is InChI=1S/C17H16BrN3O3S2/c1-3-12-20-21-17(26-12)13-15(23)11(25-16(13)19)7-8-5-9(18)14(22)10(6-8)24-4-2/h5-7,13,19,22H,3-4H2,1-2H3/b11-7-,19-16?/t13-/m1/s1. The zero-order valence-corrected chi connectivity index (χ0v) is 17.3. The highest BCUT2D eigenvalue weighted by atomic mass is 79.9. The Kier molecular flexibility index (Phi) is 5.79. The van der Waals surface area contributed by atoms with Crippen molar-refractivity contribution in [3.05, 3.63) is 37.1 Å². The van der Waals surface area contributed by atoms with Gasteiger partial charge >= 0.3 is 0 Å². The number of phenolic OH excluding ortho intramolecular Hbond substituents is 1. The summed E-state index contributed by atoms with van der Waals surface area (Å²) in [6, 6.07) is 3.37. The van der Waals surface area contributed by atoms with E-state index in [1.165, 1.54) is 11.3 Å². The monoisotopic (exact) mass is 453 g/mol. The molecular formula is C17H16BrN3O3S2. The lowest BCUT2D eigenvalue weighted by molar-refractivity contribution is -0.114. The van der Waals surface area contributed by atoms with Crippen LogP contribution in [0.4, 0.5) is 0 Å². The van der Waals surface area contributed by atoms with Gasteiger partial charge in [0, 0.05) is 0 Å². The number of carbonyl (C=O) groups is 1. The molecule has 0 bridgehead atoms. The third-order valence-corrected chi connectivity index (χ3v) is 6.40. The molecule has 9 heteroatoms. The summed E-state index contributed by atoms with van der Waals surface area (Å²) in [6.45, 7) is 4.22. The maximum absolute atomic E-state index is 12.8. The largest absolute Gasteiger partial charge is 0.503 e. The summed E-state index contributed by atoms with van der Waals surface area (Å²) in [5, 5.41) is 28.0. The molecule has 1 aromatic carbocycles. The number of benzene rings is 1. The molecule has 1 aromatic heterocycles. The predicted octanol–water partition coefficient (Wildman–Crippen LogP) is 4.39. The zero-order chi connectivity index (χ0) is 18.8. The summed E-state index contributed by atoms with van der Waals surface area (Å²) < 4.78 is 5.90. The average Bonchev–Trinajstić information content (AvgIpc) is 3.17. The molecule has 3 rings (SSSR count). The van der Waals surface area contributed by atoms with Crippen molar-refractivity contribution in [3.63, 3.8) is 0 Å². The average molecular weight is 454 g/mol. The SMILES string of the molecule is CCOc1cc(/C=C2\SC(=N)[C@H](c3nnc(CC)s3)C2=O)cc(Br)c1O. The first-order valence-electron chi connectivity index (χ1n) is 7.94. The molecule has 0 radical (unpaired) electrons. The van der Waals surface area contributed by atoms with Gasteiger partial charge in [0.15, 0.2) is 17.3 Å². The van der Waals surface area contributed by atoms with Crippen LogP contribution in [0.5, 0.6) is 11.5 Å². The fourth-order valence-corrected chi connectivity index (χ4v) is 4.85. The summed E-state index contributed by atoms with van der Waals surface area (Å²) in [7, 11) is 0. The lowest BCUT2D eigenvalue weighted by Gasteiger charge is -2.09. The number of thioether (sulfide) groups is 1. The van der Waals surface area contributed by atoms with E-state index in [4.69, 9.17) is 10.1 Å². The van der Waals surface area contributed by atoms with Crippen LogP contribution in [0.3, 0.4) is 0 Å². The van der Waals surface area contributed by atoms with E-state index in [0.29, 0.717) is 32.3 Å². The van der Waals surface area contributed by atoms with E-state index < -0.39 is 5.92 Å². The van der Waals surface area contributed by atoms with E-state index in [-0.39, 0.29) is 16.6 Å². The molecule has 2 N–H and O–H groups in total. The van der Waals surface area contributed by atoms with Gasteiger partial charge in [-0.2, -0.15) is 0 Å². The van der Waals surface area contributed by atoms with Crippen LogP contribution >= 0.6 is 39.0 Å². The summed E-state index contributed by atoms with van der Waals surface area (Å²) in [4.78, 5) is 13.3. The summed E-state index contributed by atoms with van der Waals surface area (Å²) in [5.74, 6) is -0.463. The molecule has 0 amide bonds. The Balaban J connectivity index is 1.93. The molecule has 1 fully saturated rings. The topological polar surface area (TPSA) is 96.2 Å². The van der Waals surface area contributed by atoms with Crippen LogP contribution in [0.15, 0.2) is 21.5 Å². The van der Waals surface area contributed by atoms with E-state index in [1.54, 1.807) is 18.2 Å². The van der Waals surface area contributed by atoms with Crippen molar-refractivity contribution in [1.29, 1.82) is 5.41 Å². The summed E-state index contributed by atoms with van der Waals surface area (Å²) >= 11 is 5.80. The summed E-state index contributed by atoms with van der Waals surface area (Å²) in [6.07, 6.45) is 2.46. The number of aromatic hydroxyl groups is 1. The number of ketones is 1. The van der Waals surface area contributed by atoms with Crippen LogP contribution in [-0.4, -0.2) is 32.7 Å². The van der Waals surface area contributed by atoms with Crippen LogP contribution in [-0.2, 0) is 11.2 Å². The molecule has 0 unspecified atom stereocenters. The van der Waals surface area contributed by atoms with E-state index in [0.717, 1.165) is 23.2 Å². The van der Waals surface area contributed by atoms with Crippen molar-refractivity contribution in [2.45, 2.75) is 26.2 Å². The second-order valence-electron chi connectivity index (χ2n) is 5.44. The van der Waals surface area contributed by atoms with Gasteiger partial charge in [-0.25, -0.2) is 0 Å². The highest BCUT2D eigenvalue weighted by Gasteiger charge is 2.39. The van der Waals surface area contributed by atoms with Gasteiger partial charge in [-0.05, 0) is 53.0 Å². The number of rotatable bonds is 5. The quantitative estimate of drug-likeness (QED) is 0.651. The number of aromatic nitrogens is 2. The molecule has 2 aromatic rings. The Morgan fingerprint density at radius 1 is 1.38 bits per heavy atom. The Morgan fingerprint density at radius 3 is 2.81 bits per heavy atom. The number of halogens is 1. The minimum absolute atomic E-state index is 0.0194. The van der Waals surface area contributed by atoms with Crippen LogP contribution < -0.4 is 4.74 Å². The molecule has 6 nitrogen and oxygen atoms in total. The number of allylic oxidation sites excluding steroid dienone is 1. The van der Waals surface area contributed by atoms with Gasteiger partial charge in [-0.3, -0.25) is 10.2 Å². The van der Waals surface area contributed by atoms with Crippen molar-refractivity contribution in [2.75, 3.05) is 6.61 Å². The van der Waals surface area contributed by atoms with Crippen molar-refractivity contribution in [3.8, 4) is 11.5 Å². The minimum Gasteiger partial charge on any atom is -0.503 e. The van der Waals surface area contributed by atoms with Gasteiger partial charge < -0.3 is 9.84 Å². The molecule has 0 aliphatic carbocycles. The van der Waals surface area contributed by atoms with Gasteiger partial charge in [0.1, 0.15) is 15.9 Å². The Bertz CT molecular complexity index is 911. The van der Waals surface area contributed by atoms with E-state index in [1.807, 2.05) is 13.8 Å². The first kappa shape index (κ1) is 19.1. The third-order valence-electron chi connectivity index (χ3n) is 3.67.